The van der Waals surface area contributed by atoms with E-state index in [0.29, 0.717) is 6.54 Å². The van der Waals surface area contributed by atoms with Gasteiger partial charge in [0, 0.05) is 12.7 Å². The number of nitriles is 1. The standard InChI is InChI=1S/C12H17N3/c1-3-10-6-5-7-14-12(10)9-15-11(4-2)8-13/h5-7,11,15H,3-4,9H2,1-2H3. The molecule has 80 valence electrons. The maximum absolute atomic E-state index is 8.80. The van der Waals surface area contributed by atoms with Gasteiger partial charge in [-0.2, -0.15) is 5.26 Å². The minimum Gasteiger partial charge on any atom is -0.296 e. The van der Waals surface area contributed by atoms with Crippen molar-refractivity contribution in [2.45, 2.75) is 39.3 Å². The Morgan fingerprint density at radius 2 is 2.33 bits per heavy atom. The lowest BCUT2D eigenvalue weighted by Crippen LogP contribution is -2.27. The highest BCUT2D eigenvalue weighted by Gasteiger charge is 2.05. The molecular formula is C12H17N3. The van der Waals surface area contributed by atoms with E-state index in [1.807, 2.05) is 13.0 Å². The monoisotopic (exact) mass is 203 g/mol. The molecule has 3 nitrogen and oxygen atoms in total. The number of pyridine rings is 1. The minimum atomic E-state index is -0.0725. The van der Waals surface area contributed by atoms with Gasteiger partial charge in [0.15, 0.2) is 0 Å². The number of aromatic nitrogens is 1. The minimum absolute atomic E-state index is 0.0725. The van der Waals surface area contributed by atoms with Crippen LogP contribution in [0.25, 0.3) is 0 Å². The van der Waals surface area contributed by atoms with Crippen LogP contribution in [-0.2, 0) is 13.0 Å². The third-order valence-electron chi connectivity index (χ3n) is 2.45. The molecule has 0 radical (unpaired) electrons. The molecule has 0 spiro atoms. The van der Waals surface area contributed by atoms with E-state index in [1.165, 1.54) is 5.56 Å². The summed E-state index contributed by atoms with van der Waals surface area (Å²) in [7, 11) is 0. The maximum Gasteiger partial charge on any atom is 0.0953 e. The van der Waals surface area contributed by atoms with Gasteiger partial charge in [0.2, 0.25) is 0 Å². The maximum atomic E-state index is 8.80. The first kappa shape index (κ1) is 11.7. The van der Waals surface area contributed by atoms with E-state index in [-0.39, 0.29) is 6.04 Å². The molecular weight excluding hydrogens is 186 g/mol. The van der Waals surface area contributed by atoms with Crippen molar-refractivity contribution in [2.24, 2.45) is 0 Å². The third-order valence-corrected chi connectivity index (χ3v) is 2.45. The first-order valence-corrected chi connectivity index (χ1v) is 5.37. The Morgan fingerprint density at radius 3 is 2.93 bits per heavy atom. The summed E-state index contributed by atoms with van der Waals surface area (Å²) in [5.74, 6) is 0. The van der Waals surface area contributed by atoms with E-state index in [1.54, 1.807) is 6.20 Å². The van der Waals surface area contributed by atoms with Gasteiger partial charge in [-0.25, -0.2) is 0 Å². The van der Waals surface area contributed by atoms with Crippen molar-refractivity contribution in [3.8, 4) is 6.07 Å². The molecule has 3 heteroatoms. The number of rotatable bonds is 5. The summed E-state index contributed by atoms with van der Waals surface area (Å²) < 4.78 is 0. The molecule has 1 heterocycles. The van der Waals surface area contributed by atoms with Crippen molar-refractivity contribution in [1.82, 2.24) is 10.3 Å². The summed E-state index contributed by atoms with van der Waals surface area (Å²) in [4.78, 5) is 4.32. The van der Waals surface area contributed by atoms with Gasteiger partial charge in [0.05, 0.1) is 17.8 Å². The van der Waals surface area contributed by atoms with Crippen LogP contribution in [0.3, 0.4) is 0 Å². The normalized spacial score (nSPS) is 12.1. The highest BCUT2D eigenvalue weighted by Crippen LogP contribution is 2.06. The molecule has 0 bridgehead atoms. The van der Waals surface area contributed by atoms with Gasteiger partial charge in [-0.3, -0.25) is 10.3 Å². The Hall–Kier alpha value is -1.40. The van der Waals surface area contributed by atoms with Crippen LogP contribution in [0.4, 0.5) is 0 Å². The molecule has 0 fully saturated rings. The molecule has 1 atom stereocenters. The summed E-state index contributed by atoms with van der Waals surface area (Å²) in [5.41, 5.74) is 2.30. The van der Waals surface area contributed by atoms with E-state index >= 15 is 0 Å². The summed E-state index contributed by atoms with van der Waals surface area (Å²) in [6, 6.07) is 6.18. The first-order chi connectivity index (χ1) is 7.31. The van der Waals surface area contributed by atoms with Gasteiger partial charge in [0.1, 0.15) is 0 Å². The third kappa shape index (κ3) is 3.34. The summed E-state index contributed by atoms with van der Waals surface area (Å²) >= 11 is 0. The predicted molar refractivity (Wildman–Crippen MR) is 60.1 cm³/mol. The van der Waals surface area contributed by atoms with Gasteiger partial charge < -0.3 is 0 Å². The lowest BCUT2D eigenvalue weighted by atomic mass is 10.1. The van der Waals surface area contributed by atoms with E-state index in [2.05, 4.69) is 29.4 Å². The first-order valence-electron chi connectivity index (χ1n) is 5.37. The van der Waals surface area contributed by atoms with Crippen molar-refractivity contribution >= 4 is 0 Å². The van der Waals surface area contributed by atoms with Crippen LogP contribution in [0.1, 0.15) is 31.5 Å². The second kappa shape index (κ2) is 6.15. The fraction of sp³-hybridized carbons (Fsp3) is 0.500. The molecule has 1 aromatic heterocycles. The van der Waals surface area contributed by atoms with Gasteiger partial charge in [0.25, 0.3) is 0 Å². The second-order valence-electron chi connectivity index (χ2n) is 3.43. The molecule has 0 aromatic carbocycles. The van der Waals surface area contributed by atoms with Gasteiger partial charge >= 0.3 is 0 Å². The SMILES string of the molecule is CCc1cccnc1CNC(C#N)CC. The van der Waals surface area contributed by atoms with E-state index in [0.717, 1.165) is 18.5 Å². The predicted octanol–water partition coefficient (Wildman–Crippen LogP) is 2.04. The Kier molecular flexibility index (Phi) is 4.79. The van der Waals surface area contributed by atoms with Crippen LogP contribution >= 0.6 is 0 Å². The molecule has 0 aliphatic rings. The van der Waals surface area contributed by atoms with Crippen molar-refractivity contribution in [2.75, 3.05) is 0 Å². The zero-order valence-corrected chi connectivity index (χ0v) is 9.33. The lowest BCUT2D eigenvalue weighted by molar-refractivity contribution is 0.577. The van der Waals surface area contributed by atoms with Crippen molar-refractivity contribution in [3.63, 3.8) is 0 Å². The van der Waals surface area contributed by atoms with Gasteiger partial charge in [-0.15, -0.1) is 0 Å². The molecule has 0 amide bonds. The van der Waals surface area contributed by atoms with E-state index in [4.69, 9.17) is 5.26 Å². The Bertz CT molecular complexity index is 341. The Balaban J connectivity index is 2.61. The van der Waals surface area contributed by atoms with Gasteiger partial charge in [-0.1, -0.05) is 19.9 Å². The summed E-state index contributed by atoms with van der Waals surface area (Å²) in [6.07, 6.45) is 3.60. The van der Waals surface area contributed by atoms with Crippen LogP contribution < -0.4 is 5.32 Å². The molecule has 1 aromatic rings. The van der Waals surface area contributed by atoms with Crippen LogP contribution in [0.5, 0.6) is 0 Å². The molecule has 0 aliphatic carbocycles. The topological polar surface area (TPSA) is 48.7 Å². The molecule has 0 saturated carbocycles. The van der Waals surface area contributed by atoms with E-state index < -0.39 is 0 Å². The number of hydrogen-bond donors (Lipinski definition) is 1. The van der Waals surface area contributed by atoms with E-state index in [9.17, 15) is 0 Å². The van der Waals surface area contributed by atoms with Crippen molar-refractivity contribution < 1.29 is 0 Å². The molecule has 1 N–H and O–H groups in total. The molecule has 1 rings (SSSR count). The quantitative estimate of drug-likeness (QED) is 0.796. The largest absolute Gasteiger partial charge is 0.296 e. The van der Waals surface area contributed by atoms with Crippen LogP contribution in [0.2, 0.25) is 0 Å². The zero-order valence-electron chi connectivity index (χ0n) is 9.33. The molecule has 15 heavy (non-hydrogen) atoms. The molecule has 0 saturated heterocycles. The van der Waals surface area contributed by atoms with Gasteiger partial charge in [-0.05, 0) is 24.5 Å². The average molecular weight is 203 g/mol. The Labute approximate surface area is 91.1 Å². The molecule has 1 unspecified atom stereocenters. The smallest absolute Gasteiger partial charge is 0.0953 e. The van der Waals surface area contributed by atoms with Crippen molar-refractivity contribution in [3.05, 3.63) is 29.6 Å². The fourth-order valence-corrected chi connectivity index (χ4v) is 1.45. The highest BCUT2D eigenvalue weighted by molar-refractivity contribution is 5.19. The summed E-state index contributed by atoms with van der Waals surface area (Å²) in [5, 5.41) is 12.0. The highest BCUT2D eigenvalue weighted by atomic mass is 14.9. The number of nitrogens with zero attached hydrogens (tertiary/aromatic N) is 2. The summed E-state index contributed by atoms with van der Waals surface area (Å²) in [6.45, 7) is 4.79. The zero-order chi connectivity index (χ0) is 11.1. The molecule has 0 aliphatic heterocycles. The van der Waals surface area contributed by atoms with Crippen LogP contribution in [0.15, 0.2) is 18.3 Å². The average Bonchev–Trinajstić information content (AvgIpc) is 2.31. The van der Waals surface area contributed by atoms with Crippen molar-refractivity contribution in [1.29, 1.82) is 5.26 Å². The Morgan fingerprint density at radius 1 is 1.53 bits per heavy atom. The second-order valence-corrected chi connectivity index (χ2v) is 3.43. The fourth-order valence-electron chi connectivity index (χ4n) is 1.45. The number of hydrogen-bond acceptors (Lipinski definition) is 3. The number of nitrogens with one attached hydrogen (secondary N) is 1. The van der Waals surface area contributed by atoms with Crippen LogP contribution in [-0.4, -0.2) is 11.0 Å². The van der Waals surface area contributed by atoms with Crippen LogP contribution in [0, 0.1) is 11.3 Å². The lowest BCUT2D eigenvalue weighted by Gasteiger charge is -2.10. The number of aryl methyl sites for hydroxylation is 1.